The molecule has 42 heavy (non-hydrogen) atoms. The second kappa shape index (κ2) is 12.3. The van der Waals surface area contributed by atoms with E-state index in [-0.39, 0.29) is 30.0 Å². The summed E-state index contributed by atoms with van der Waals surface area (Å²) in [4.78, 5) is 39.8. The third kappa shape index (κ3) is 6.29. The Labute approximate surface area is 252 Å². The van der Waals surface area contributed by atoms with Gasteiger partial charge >= 0.3 is 0 Å². The van der Waals surface area contributed by atoms with Gasteiger partial charge in [0.1, 0.15) is 12.4 Å². The molecule has 214 valence electrons. The van der Waals surface area contributed by atoms with Gasteiger partial charge in [0.25, 0.3) is 16.8 Å². The van der Waals surface area contributed by atoms with Gasteiger partial charge in [-0.25, -0.2) is 0 Å². The molecular formula is C32H29N3O5S2. The Morgan fingerprint density at radius 3 is 2.26 bits per heavy atom. The molecule has 1 saturated heterocycles. The number of aryl methyl sites for hydroxylation is 3. The number of imide groups is 1. The van der Waals surface area contributed by atoms with E-state index in [1.807, 2.05) is 76.2 Å². The van der Waals surface area contributed by atoms with Crippen molar-refractivity contribution < 1.29 is 19.2 Å². The summed E-state index contributed by atoms with van der Waals surface area (Å²) in [5.74, 6) is 0.440. The van der Waals surface area contributed by atoms with Crippen molar-refractivity contribution >= 4 is 46.4 Å². The normalized spacial score (nSPS) is 14.2. The summed E-state index contributed by atoms with van der Waals surface area (Å²) in [6.07, 6.45) is 1.79. The van der Waals surface area contributed by atoms with Gasteiger partial charge in [0.05, 0.1) is 16.4 Å². The molecule has 0 N–H and O–H groups in total. The molecule has 0 atom stereocenters. The summed E-state index contributed by atoms with van der Waals surface area (Å²) in [5.41, 5.74) is 5.94. The van der Waals surface area contributed by atoms with Crippen LogP contribution in [0.2, 0.25) is 0 Å². The van der Waals surface area contributed by atoms with E-state index in [9.17, 15) is 19.7 Å². The van der Waals surface area contributed by atoms with Crippen LogP contribution in [-0.2, 0) is 4.79 Å². The van der Waals surface area contributed by atoms with E-state index in [0.29, 0.717) is 4.91 Å². The zero-order chi connectivity index (χ0) is 30.0. The molecular weight excluding hydrogens is 571 g/mol. The first-order valence-electron chi connectivity index (χ1n) is 13.3. The lowest BCUT2D eigenvalue weighted by Crippen LogP contribution is -2.32. The monoisotopic (exact) mass is 599 g/mol. The van der Waals surface area contributed by atoms with Gasteiger partial charge in [0.2, 0.25) is 0 Å². The fourth-order valence-electron chi connectivity index (χ4n) is 4.71. The van der Waals surface area contributed by atoms with Gasteiger partial charge in [0.15, 0.2) is 0 Å². The molecule has 0 aliphatic carbocycles. The van der Waals surface area contributed by atoms with Gasteiger partial charge in [0, 0.05) is 39.0 Å². The molecule has 2 heterocycles. The van der Waals surface area contributed by atoms with E-state index in [1.165, 1.54) is 28.8 Å². The number of hydrogen-bond donors (Lipinski definition) is 0. The van der Waals surface area contributed by atoms with Crippen molar-refractivity contribution in [2.24, 2.45) is 0 Å². The molecule has 4 aromatic rings. The highest BCUT2D eigenvalue weighted by Gasteiger charge is 2.35. The standard InChI is InChI=1S/C32H29N3O5S2/c1-20-5-6-21(2)29(17-20)40-16-15-33-31(36)30(42-32(33)37)19-24-18-22(3)34(23(24)4)25-7-11-27(12-8-25)41-28-13-9-26(10-14-28)35(38)39/h5-14,17-19H,15-16H2,1-4H3/b30-19-. The lowest BCUT2D eigenvalue weighted by molar-refractivity contribution is -0.384. The largest absolute Gasteiger partial charge is 0.491 e. The molecule has 0 spiro atoms. The van der Waals surface area contributed by atoms with E-state index in [1.54, 1.807) is 18.2 Å². The molecule has 8 nitrogen and oxygen atoms in total. The lowest BCUT2D eigenvalue weighted by Gasteiger charge is -2.14. The predicted molar refractivity (Wildman–Crippen MR) is 167 cm³/mol. The maximum absolute atomic E-state index is 13.1. The Bertz CT molecular complexity index is 1710. The highest BCUT2D eigenvalue weighted by atomic mass is 32.2. The average molecular weight is 600 g/mol. The summed E-state index contributed by atoms with van der Waals surface area (Å²) in [7, 11) is 0. The van der Waals surface area contributed by atoms with Crippen LogP contribution in [0.3, 0.4) is 0 Å². The van der Waals surface area contributed by atoms with Crippen molar-refractivity contribution in [3.8, 4) is 11.4 Å². The van der Waals surface area contributed by atoms with Gasteiger partial charge in [-0.3, -0.25) is 24.6 Å². The van der Waals surface area contributed by atoms with Crippen LogP contribution in [0.15, 0.2) is 87.5 Å². The number of hydrogen-bond acceptors (Lipinski definition) is 7. The van der Waals surface area contributed by atoms with Gasteiger partial charge in [-0.05, 0) is 111 Å². The second-order valence-corrected chi connectivity index (χ2v) is 12.1. The summed E-state index contributed by atoms with van der Waals surface area (Å²) in [5, 5.41) is 10.6. The maximum Gasteiger partial charge on any atom is 0.293 e. The number of aromatic nitrogens is 1. The van der Waals surface area contributed by atoms with Crippen molar-refractivity contribution in [1.29, 1.82) is 0 Å². The number of ether oxygens (including phenoxy) is 1. The predicted octanol–water partition coefficient (Wildman–Crippen LogP) is 7.89. The maximum atomic E-state index is 13.1. The molecule has 1 aliphatic rings. The Morgan fingerprint density at radius 1 is 0.929 bits per heavy atom. The third-order valence-corrected chi connectivity index (χ3v) is 8.85. The number of benzene rings is 3. The highest BCUT2D eigenvalue weighted by molar-refractivity contribution is 8.18. The van der Waals surface area contributed by atoms with Crippen LogP contribution in [0.25, 0.3) is 11.8 Å². The van der Waals surface area contributed by atoms with E-state index in [0.717, 1.165) is 61.1 Å². The molecule has 0 radical (unpaired) electrons. The quantitative estimate of drug-likeness (QED) is 0.110. The van der Waals surface area contributed by atoms with E-state index in [4.69, 9.17) is 4.74 Å². The number of carbonyl (C=O) groups is 2. The van der Waals surface area contributed by atoms with E-state index >= 15 is 0 Å². The molecule has 0 saturated carbocycles. The molecule has 1 fully saturated rings. The first-order valence-corrected chi connectivity index (χ1v) is 14.9. The number of non-ortho nitro benzene ring substituents is 1. The fraction of sp³-hybridized carbons (Fsp3) is 0.188. The minimum absolute atomic E-state index is 0.0658. The third-order valence-electron chi connectivity index (χ3n) is 6.92. The van der Waals surface area contributed by atoms with Crippen molar-refractivity contribution in [3.63, 3.8) is 0 Å². The van der Waals surface area contributed by atoms with Crippen molar-refractivity contribution in [2.75, 3.05) is 13.2 Å². The Morgan fingerprint density at radius 2 is 1.60 bits per heavy atom. The van der Waals surface area contributed by atoms with Crippen LogP contribution >= 0.6 is 23.5 Å². The minimum Gasteiger partial charge on any atom is -0.491 e. The number of nitro groups is 1. The van der Waals surface area contributed by atoms with E-state index in [2.05, 4.69) is 4.57 Å². The molecule has 5 rings (SSSR count). The second-order valence-electron chi connectivity index (χ2n) is 9.96. The summed E-state index contributed by atoms with van der Waals surface area (Å²) in [6, 6.07) is 22.5. The van der Waals surface area contributed by atoms with Crippen molar-refractivity contribution in [3.05, 3.63) is 116 Å². The number of carbonyl (C=O) groups excluding carboxylic acids is 2. The highest BCUT2D eigenvalue weighted by Crippen LogP contribution is 2.34. The van der Waals surface area contributed by atoms with Gasteiger partial charge < -0.3 is 9.30 Å². The number of nitro benzene ring substituents is 1. The van der Waals surface area contributed by atoms with E-state index < -0.39 is 4.92 Å². The van der Waals surface area contributed by atoms with Crippen LogP contribution in [0.4, 0.5) is 10.5 Å². The van der Waals surface area contributed by atoms with Gasteiger partial charge in [-0.2, -0.15) is 0 Å². The Hall–Kier alpha value is -4.28. The van der Waals surface area contributed by atoms with Crippen LogP contribution in [-0.4, -0.2) is 38.7 Å². The molecule has 2 amide bonds. The molecule has 0 unspecified atom stereocenters. The number of thioether (sulfide) groups is 1. The molecule has 0 bridgehead atoms. The number of amides is 2. The summed E-state index contributed by atoms with van der Waals surface area (Å²) in [6.45, 7) is 8.34. The Kier molecular flexibility index (Phi) is 8.56. The fourth-order valence-corrected chi connectivity index (χ4v) is 6.38. The van der Waals surface area contributed by atoms with Gasteiger partial charge in [-0.15, -0.1) is 0 Å². The van der Waals surface area contributed by atoms with Crippen LogP contribution in [0.5, 0.6) is 5.75 Å². The first kappa shape index (κ1) is 29.2. The molecule has 10 heteroatoms. The van der Waals surface area contributed by atoms with Crippen molar-refractivity contribution in [1.82, 2.24) is 9.47 Å². The minimum atomic E-state index is -0.409. The topological polar surface area (TPSA) is 94.7 Å². The van der Waals surface area contributed by atoms with Crippen molar-refractivity contribution in [2.45, 2.75) is 37.5 Å². The molecule has 1 aromatic heterocycles. The number of nitrogens with zero attached hydrogens (tertiary/aromatic N) is 3. The smallest absolute Gasteiger partial charge is 0.293 e. The average Bonchev–Trinajstić information content (AvgIpc) is 3.39. The van der Waals surface area contributed by atoms with Crippen LogP contribution in [0.1, 0.15) is 28.1 Å². The summed E-state index contributed by atoms with van der Waals surface area (Å²) >= 11 is 2.47. The first-order chi connectivity index (χ1) is 20.1. The summed E-state index contributed by atoms with van der Waals surface area (Å²) < 4.78 is 7.97. The zero-order valence-corrected chi connectivity index (χ0v) is 25.3. The lowest BCUT2D eigenvalue weighted by atomic mass is 10.1. The zero-order valence-electron chi connectivity index (χ0n) is 23.6. The molecule has 1 aliphatic heterocycles. The van der Waals surface area contributed by atoms with Crippen LogP contribution < -0.4 is 4.74 Å². The number of rotatable bonds is 9. The Balaban J connectivity index is 1.27. The SMILES string of the molecule is Cc1ccc(C)c(OCCN2C(=O)S/C(=C\c3cc(C)n(-c4ccc(Sc5ccc([N+](=O)[O-])cc5)cc4)c3C)C2=O)c1. The van der Waals surface area contributed by atoms with Crippen LogP contribution in [0, 0.1) is 37.8 Å². The van der Waals surface area contributed by atoms with Gasteiger partial charge in [-0.1, -0.05) is 23.9 Å². The molecule has 3 aromatic carbocycles.